The summed E-state index contributed by atoms with van der Waals surface area (Å²) < 4.78 is 34.6. The Labute approximate surface area is 236 Å². The number of thiazole rings is 1. The molecule has 3 aromatic rings. The first-order valence-electron chi connectivity index (χ1n) is 12.2. The molecule has 40 heavy (non-hydrogen) atoms. The van der Waals surface area contributed by atoms with Crippen LogP contribution in [0.4, 0.5) is 4.79 Å². The first-order chi connectivity index (χ1) is 18.9. The van der Waals surface area contributed by atoms with Gasteiger partial charge in [0.25, 0.3) is 5.91 Å². The number of ether oxygens (including phenoxy) is 1. The van der Waals surface area contributed by atoms with Crippen LogP contribution in [0, 0.1) is 0 Å². The van der Waals surface area contributed by atoms with E-state index in [1.54, 1.807) is 56.6 Å². The Balaban J connectivity index is 1.70. The molecule has 0 bridgehead atoms. The van der Waals surface area contributed by atoms with E-state index in [0.717, 1.165) is 5.56 Å². The van der Waals surface area contributed by atoms with E-state index in [1.807, 2.05) is 0 Å². The number of amidine groups is 1. The molecular weight excluding hydrogens is 556 g/mol. The van der Waals surface area contributed by atoms with Crippen molar-refractivity contribution in [1.29, 1.82) is 0 Å². The van der Waals surface area contributed by atoms with Gasteiger partial charge in [-0.25, -0.2) is 22.9 Å². The summed E-state index contributed by atoms with van der Waals surface area (Å²) in [6.45, 7) is 5.47. The van der Waals surface area contributed by atoms with Crippen molar-refractivity contribution in [2.75, 3.05) is 13.1 Å². The zero-order valence-corrected chi connectivity index (χ0v) is 23.9. The summed E-state index contributed by atoms with van der Waals surface area (Å²) in [5, 5.41) is 19.5. The van der Waals surface area contributed by atoms with Gasteiger partial charge in [-0.1, -0.05) is 29.4 Å². The molecule has 0 spiro atoms. The molecule has 2 amide bonds. The van der Waals surface area contributed by atoms with Gasteiger partial charge in [0, 0.05) is 35.8 Å². The Morgan fingerprint density at radius 1 is 1.10 bits per heavy atom. The molecule has 0 aliphatic carbocycles. The number of benzene rings is 2. The van der Waals surface area contributed by atoms with E-state index in [-0.39, 0.29) is 35.8 Å². The van der Waals surface area contributed by atoms with Crippen molar-refractivity contribution >= 4 is 39.2 Å². The molecule has 0 fully saturated rings. The predicted octanol–water partition coefficient (Wildman–Crippen LogP) is 2.75. The summed E-state index contributed by atoms with van der Waals surface area (Å²) in [6.07, 6.45) is 1.22. The molecule has 1 heterocycles. The van der Waals surface area contributed by atoms with Crippen molar-refractivity contribution in [1.82, 2.24) is 20.3 Å². The van der Waals surface area contributed by atoms with Gasteiger partial charge in [0.1, 0.15) is 10.6 Å². The van der Waals surface area contributed by atoms with Crippen molar-refractivity contribution < 1.29 is 28.0 Å². The van der Waals surface area contributed by atoms with Crippen molar-refractivity contribution in [3.05, 3.63) is 81.8 Å². The summed E-state index contributed by atoms with van der Waals surface area (Å²) in [4.78, 5) is 28.6. The second-order valence-electron chi connectivity index (χ2n) is 9.65. The number of nitrogens with two attached hydrogens (primary N) is 1. The van der Waals surface area contributed by atoms with Crippen molar-refractivity contribution in [2.24, 2.45) is 10.9 Å². The van der Waals surface area contributed by atoms with E-state index in [0.29, 0.717) is 10.6 Å². The number of hydrogen-bond donors (Lipinski definition) is 5. The summed E-state index contributed by atoms with van der Waals surface area (Å²) in [5.41, 5.74) is 6.42. The molecule has 0 saturated heterocycles. The fraction of sp³-hybridized carbons (Fsp3) is 0.308. The molecule has 2 aromatic carbocycles. The van der Waals surface area contributed by atoms with Crippen LogP contribution in [0.1, 0.15) is 53.3 Å². The Kier molecular flexibility index (Phi) is 10.2. The predicted molar refractivity (Wildman–Crippen MR) is 151 cm³/mol. The Morgan fingerprint density at radius 3 is 2.48 bits per heavy atom. The quantitative estimate of drug-likeness (QED) is 0.0744. The van der Waals surface area contributed by atoms with E-state index < -0.39 is 33.7 Å². The lowest BCUT2D eigenvalue weighted by Gasteiger charge is -2.19. The summed E-state index contributed by atoms with van der Waals surface area (Å²) in [7, 11) is -4.07. The van der Waals surface area contributed by atoms with E-state index in [2.05, 4.69) is 25.5 Å². The molecule has 0 aliphatic rings. The van der Waals surface area contributed by atoms with Gasteiger partial charge in [0.15, 0.2) is 5.84 Å². The van der Waals surface area contributed by atoms with Gasteiger partial charge in [-0.15, -0.1) is 11.3 Å². The molecule has 3 rings (SSSR count). The van der Waals surface area contributed by atoms with Gasteiger partial charge in [0.05, 0.1) is 10.9 Å². The van der Waals surface area contributed by atoms with Crippen molar-refractivity contribution in [2.45, 2.75) is 43.7 Å². The number of hydrogen-bond acceptors (Lipinski definition) is 9. The van der Waals surface area contributed by atoms with Crippen molar-refractivity contribution in [3.63, 3.8) is 0 Å². The topological polar surface area (TPSA) is 185 Å². The zero-order chi connectivity index (χ0) is 29.3. The number of amides is 2. The highest BCUT2D eigenvalue weighted by Crippen LogP contribution is 2.24. The van der Waals surface area contributed by atoms with Crippen LogP contribution in [0.15, 0.2) is 70.2 Å². The fourth-order valence-electron chi connectivity index (χ4n) is 3.55. The van der Waals surface area contributed by atoms with E-state index in [9.17, 15) is 18.0 Å². The number of nitrogens with one attached hydrogen (secondary N) is 3. The molecule has 6 N–H and O–H groups in total. The molecule has 1 unspecified atom stereocenters. The molecule has 1 atom stereocenters. The number of nitrogens with zero attached hydrogens (tertiary/aromatic N) is 2. The maximum Gasteiger partial charge on any atom is 0.407 e. The van der Waals surface area contributed by atoms with Crippen LogP contribution in [0.5, 0.6) is 0 Å². The Hall–Kier alpha value is -4.01. The third-order valence-electron chi connectivity index (χ3n) is 5.30. The van der Waals surface area contributed by atoms with Crippen LogP contribution in [0.25, 0.3) is 0 Å². The normalized spacial score (nSPS) is 12.9. The Bertz CT molecular complexity index is 1450. The first kappa shape index (κ1) is 30.5. The lowest BCUT2D eigenvalue weighted by atomic mass is 10.0. The number of carbonyl (C=O) groups excluding carboxylic acids is 2. The lowest BCUT2D eigenvalue weighted by Crippen LogP contribution is -2.37. The van der Waals surface area contributed by atoms with Gasteiger partial charge in [-0.2, -0.15) is 0 Å². The second kappa shape index (κ2) is 13.4. The number of sulfonamides is 1. The van der Waals surface area contributed by atoms with E-state index >= 15 is 0 Å². The number of aromatic nitrogens is 1. The highest BCUT2D eigenvalue weighted by Gasteiger charge is 2.25. The SMILES string of the molecule is CC(C)(C)OC(=O)NCCNC(=O)c1cccc(S(=O)(=O)NC(Cc2cccc(/C(N)=N\O)c2)c2nccs2)c1. The van der Waals surface area contributed by atoms with Crippen LogP contribution in [-0.2, 0) is 21.2 Å². The summed E-state index contributed by atoms with van der Waals surface area (Å²) in [5.74, 6) is -0.566. The smallest absolute Gasteiger partial charge is 0.407 e. The van der Waals surface area contributed by atoms with Gasteiger partial charge in [-0.05, 0) is 57.0 Å². The minimum Gasteiger partial charge on any atom is -0.444 e. The van der Waals surface area contributed by atoms with Crippen LogP contribution in [-0.4, -0.2) is 55.1 Å². The Morgan fingerprint density at radius 2 is 1.80 bits per heavy atom. The third-order valence-corrected chi connectivity index (χ3v) is 7.66. The summed E-state index contributed by atoms with van der Waals surface area (Å²) in [6, 6.07) is 11.8. The van der Waals surface area contributed by atoms with Gasteiger partial charge < -0.3 is 26.3 Å². The largest absolute Gasteiger partial charge is 0.444 e. The van der Waals surface area contributed by atoms with Gasteiger partial charge in [-0.3, -0.25) is 4.79 Å². The highest BCUT2D eigenvalue weighted by molar-refractivity contribution is 7.89. The van der Waals surface area contributed by atoms with Crippen LogP contribution < -0.4 is 21.1 Å². The monoisotopic (exact) mass is 588 g/mol. The molecule has 214 valence electrons. The summed E-state index contributed by atoms with van der Waals surface area (Å²) >= 11 is 1.30. The van der Waals surface area contributed by atoms with Gasteiger partial charge in [0.2, 0.25) is 10.0 Å². The number of rotatable bonds is 11. The number of oxime groups is 1. The number of carbonyl (C=O) groups is 2. The minimum atomic E-state index is -4.07. The molecule has 14 heteroatoms. The van der Waals surface area contributed by atoms with Crippen LogP contribution >= 0.6 is 11.3 Å². The maximum atomic E-state index is 13.4. The average Bonchev–Trinajstić information content (AvgIpc) is 3.44. The molecular formula is C26H32N6O6S2. The second-order valence-corrected chi connectivity index (χ2v) is 12.3. The standard InChI is InChI=1S/C26H32N6O6S2/c1-26(2,3)38-25(34)30-11-10-28-23(33)19-8-5-9-20(16-19)40(36,37)32-21(24-29-12-13-39-24)15-17-6-4-7-18(14-17)22(27)31-35/h4-9,12-14,16,21,32,35H,10-11,15H2,1-3H3,(H2,27,31)(H,28,33)(H,30,34). The molecule has 0 aliphatic heterocycles. The van der Waals surface area contributed by atoms with E-state index in [1.165, 1.54) is 35.6 Å². The zero-order valence-electron chi connectivity index (χ0n) is 22.2. The van der Waals surface area contributed by atoms with Crippen molar-refractivity contribution in [3.8, 4) is 0 Å². The van der Waals surface area contributed by atoms with Crippen LogP contribution in [0.3, 0.4) is 0 Å². The minimum absolute atomic E-state index is 0.0658. The maximum absolute atomic E-state index is 13.4. The molecule has 12 nitrogen and oxygen atoms in total. The number of alkyl carbamates (subject to hydrolysis) is 1. The molecule has 1 aromatic heterocycles. The molecule has 0 saturated carbocycles. The van der Waals surface area contributed by atoms with Crippen LogP contribution in [0.2, 0.25) is 0 Å². The van der Waals surface area contributed by atoms with Gasteiger partial charge >= 0.3 is 6.09 Å². The highest BCUT2D eigenvalue weighted by atomic mass is 32.2. The molecule has 0 radical (unpaired) electrons. The van der Waals surface area contributed by atoms with E-state index in [4.69, 9.17) is 15.7 Å². The third kappa shape index (κ3) is 9.03. The first-order valence-corrected chi connectivity index (χ1v) is 14.6. The lowest BCUT2D eigenvalue weighted by molar-refractivity contribution is 0.0526. The fourth-order valence-corrected chi connectivity index (χ4v) is 5.56. The average molecular weight is 589 g/mol.